The summed E-state index contributed by atoms with van der Waals surface area (Å²) in [5.41, 5.74) is 1.68. The summed E-state index contributed by atoms with van der Waals surface area (Å²) in [7, 11) is 0. The molecule has 25 heavy (non-hydrogen) atoms. The van der Waals surface area contributed by atoms with E-state index in [1.54, 1.807) is 12.3 Å². The molecule has 1 aromatic carbocycles. The lowest BCUT2D eigenvalue weighted by atomic mass is 9.80. The first-order valence-electron chi connectivity index (χ1n) is 8.34. The topological polar surface area (TPSA) is 22.1 Å². The van der Waals surface area contributed by atoms with Crippen LogP contribution in [-0.2, 0) is 0 Å². The Balaban J connectivity index is 1.80. The second kappa shape index (κ2) is 7.42. The van der Waals surface area contributed by atoms with E-state index < -0.39 is 24.0 Å². The Bertz CT molecular complexity index is 702. The lowest BCUT2D eigenvalue weighted by molar-refractivity contribution is -0.0546. The number of hydrogen-bond donors (Lipinski definition) is 0. The fourth-order valence-electron chi connectivity index (χ4n) is 3.32. The molecule has 2 nitrogen and oxygen atoms in total. The third-order valence-corrected chi connectivity index (χ3v) is 4.77. The number of alkyl halides is 2. The summed E-state index contributed by atoms with van der Waals surface area (Å²) < 4.78 is 55.9. The Kier molecular flexibility index (Phi) is 5.25. The van der Waals surface area contributed by atoms with Crippen molar-refractivity contribution in [1.82, 2.24) is 4.98 Å². The van der Waals surface area contributed by atoms with Gasteiger partial charge in [0.1, 0.15) is 0 Å². The predicted octanol–water partition coefficient (Wildman–Crippen LogP) is 5.92. The van der Waals surface area contributed by atoms with E-state index in [0.717, 1.165) is 36.5 Å². The van der Waals surface area contributed by atoms with Gasteiger partial charge in [0.05, 0.1) is 5.69 Å². The SMILES string of the molecule is CC1CCC(c2ccc(-c3cc(F)c(OC(F)F)c(F)c3)nc2)CC1. The van der Waals surface area contributed by atoms with E-state index in [0.29, 0.717) is 11.6 Å². The lowest BCUT2D eigenvalue weighted by Crippen LogP contribution is -2.11. The Morgan fingerprint density at radius 3 is 2.20 bits per heavy atom. The molecule has 0 radical (unpaired) electrons. The molecule has 0 unspecified atom stereocenters. The van der Waals surface area contributed by atoms with Gasteiger partial charge in [0, 0.05) is 11.8 Å². The third-order valence-electron chi connectivity index (χ3n) is 4.77. The van der Waals surface area contributed by atoms with Gasteiger partial charge in [-0.15, -0.1) is 0 Å². The summed E-state index contributed by atoms with van der Waals surface area (Å²) in [6.07, 6.45) is 6.34. The molecule has 0 saturated heterocycles. The quantitative estimate of drug-likeness (QED) is 0.636. The molecule has 1 saturated carbocycles. The highest BCUT2D eigenvalue weighted by Crippen LogP contribution is 2.36. The molecule has 1 fully saturated rings. The number of pyridine rings is 1. The number of nitrogens with zero attached hydrogens (tertiary/aromatic N) is 1. The highest BCUT2D eigenvalue weighted by atomic mass is 19.3. The molecule has 0 atom stereocenters. The van der Waals surface area contributed by atoms with E-state index in [4.69, 9.17) is 0 Å². The summed E-state index contributed by atoms with van der Waals surface area (Å²) in [5, 5.41) is 0. The molecule has 0 amide bonds. The van der Waals surface area contributed by atoms with Crippen LogP contribution in [0.5, 0.6) is 5.75 Å². The second-order valence-corrected chi connectivity index (χ2v) is 6.58. The lowest BCUT2D eigenvalue weighted by Gasteiger charge is -2.26. The zero-order valence-corrected chi connectivity index (χ0v) is 13.8. The first kappa shape index (κ1) is 17.7. The molecule has 0 N–H and O–H groups in total. The zero-order chi connectivity index (χ0) is 18.0. The van der Waals surface area contributed by atoms with Gasteiger partial charge in [-0.2, -0.15) is 8.78 Å². The van der Waals surface area contributed by atoms with Crippen molar-refractivity contribution in [2.24, 2.45) is 5.92 Å². The second-order valence-electron chi connectivity index (χ2n) is 6.58. The first-order chi connectivity index (χ1) is 11.9. The monoisotopic (exact) mass is 353 g/mol. The van der Waals surface area contributed by atoms with E-state index in [1.807, 2.05) is 6.07 Å². The Morgan fingerprint density at radius 2 is 1.68 bits per heavy atom. The van der Waals surface area contributed by atoms with Crippen LogP contribution in [0.2, 0.25) is 0 Å². The Hall–Kier alpha value is -2.11. The van der Waals surface area contributed by atoms with Gasteiger partial charge >= 0.3 is 6.61 Å². The van der Waals surface area contributed by atoms with Gasteiger partial charge in [-0.1, -0.05) is 25.8 Å². The fraction of sp³-hybridized carbons (Fsp3) is 0.421. The average molecular weight is 353 g/mol. The molecular formula is C19H19F4NO. The standard InChI is InChI=1S/C19H19F4NO/c1-11-2-4-12(5-3-11)13-6-7-17(24-10-13)14-8-15(20)18(16(21)9-14)25-19(22)23/h6-12,19H,2-5H2,1H3. The number of ether oxygens (including phenoxy) is 1. The van der Waals surface area contributed by atoms with Gasteiger partial charge in [0.25, 0.3) is 0 Å². The predicted molar refractivity (Wildman–Crippen MR) is 86.6 cm³/mol. The first-order valence-corrected chi connectivity index (χ1v) is 8.34. The average Bonchev–Trinajstić information content (AvgIpc) is 2.59. The van der Waals surface area contributed by atoms with Crippen LogP contribution in [-0.4, -0.2) is 11.6 Å². The van der Waals surface area contributed by atoms with Crippen LogP contribution < -0.4 is 4.74 Å². The molecule has 0 spiro atoms. The number of aromatic nitrogens is 1. The largest absolute Gasteiger partial charge is 0.429 e. The van der Waals surface area contributed by atoms with Crippen LogP contribution in [0.25, 0.3) is 11.3 Å². The van der Waals surface area contributed by atoms with Gasteiger partial charge in [-0.05, 0) is 48.4 Å². The van der Waals surface area contributed by atoms with Crippen LogP contribution in [0.3, 0.4) is 0 Å². The van der Waals surface area contributed by atoms with Crippen molar-refractivity contribution < 1.29 is 22.3 Å². The Morgan fingerprint density at radius 1 is 1.04 bits per heavy atom. The van der Waals surface area contributed by atoms with Crippen LogP contribution in [0.4, 0.5) is 17.6 Å². The van der Waals surface area contributed by atoms with Gasteiger partial charge in [0.15, 0.2) is 17.4 Å². The normalized spacial score (nSPS) is 20.7. The van der Waals surface area contributed by atoms with Gasteiger partial charge in [-0.3, -0.25) is 4.98 Å². The van der Waals surface area contributed by atoms with Crippen LogP contribution in [0, 0.1) is 17.6 Å². The molecule has 0 aliphatic heterocycles. The van der Waals surface area contributed by atoms with E-state index in [9.17, 15) is 17.6 Å². The van der Waals surface area contributed by atoms with Gasteiger partial charge < -0.3 is 4.74 Å². The summed E-state index contributed by atoms with van der Waals surface area (Å²) in [6.45, 7) is -1.03. The van der Waals surface area contributed by atoms with Crippen molar-refractivity contribution in [1.29, 1.82) is 0 Å². The van der Waals surface area contributed by atoms with Crippen molar-refractivity contribution >= 4 is 0 Å². The molecule has 134 valence electrons. The Labute approximate surface area is 143 Å². The van der Waals surface area contributed by atoms with Crippen LogP contribution >= 0.6 is 0 Å². The maximum absolute atomic E-state index is 13.8. The maximum atomic E-state index is 13.8. The number of rotatable bonds is 4. The highest BCUT2D eigenvalue weighted by Gasteiger charge is 2.21. The summed E-state index contributed by atoms with van der Waals surface area (Å²) in [6, 6.07) is 5.52. The van der Waals surface area contributed by atoms with E-state index >= 15 is 0 Å². The van der Waals surface area contributed by atoms with Crippen molar-refractivity contribution in [2.45, 2.75) is 45.1 Å². The fourth-order valence-corrected chi connectivity index (χ4v) is 3.32. The number of benzene rings is 1. The van der Waals surface area contributed by atoms with Gasteiger partial charge in [0.2, 0.25) is 0 Å². The van der Waals surface area contributed by atoms with Crippen molar-refractivity contribution in [3.05, 3.63) is 47.7 Å². The highest BCUT2D eigenvalue weighted by molar-refractivity contribution is 5.61. The number of hydrogen-bond acceptors (Lipinski definition) is 2. The smallest absolute Gasteiger partial charge is 0.387 e. The minimum Gasteiger partial charge on any atom is -0.429 e. The van der Waals surface area contributed by atoms with Gasteiger partial charge in [-0.25, -0.2) is 8.78 Å². The minimum atomic E-state index is -3.29. The molecular weight excluding hydrogens is 334 g/mol. The third kappa shape index (κ3) is 4.11. The maximum Gasteiger partial charge on any atom is 0.387 e. The van der Waals surface area contributed by atoms with E-state index in [2.05, 4.69) is 16.6 Å². The summed E-state index contributed by atoms with van der Waals surface area (Å²) >= 11 is 0. The zero-order valence-electron chi connectivity index (χ0n) is 13.8. The molecule has 6 heteroatoms. The van der Waals surface area contributed by atoms with Crippen molar-refractivity contribution in [2.75, 3.05) is 0 Å². The molecule has 1 heterocycles. The van der Waals surface area contributed by atoms with Crippen LogP contribution in [0.1, 0.15) is 44.1 Å². The summed E-state index contributed by atoms with van der Waals surface area (Å²) in [5.74, 6) is -2.21. The van der Waals surface area contributed by atoms with Crippen molar-refractivity contribution in [3.8, 4) is 17.0 Å². The number of halogens is 4. The minimum absolute atomic E-state index is 0.181. The molecule has 1 aliphatic rings. The van der Waals surface area contributed by atoms with Crippen molar-refractivity contribution in [3.63, 3.8) is 0 Å². The van der Waals surface area contributed by atoms with Crippen LogP contribution in [0.15, 0.2) is 30.5 Å². The molecule has 3 rings (SSSR count). The summed E-state index contributed by atoms with van der Waals surface area (Å²) in [4.78, 5) is 4.29. The molecule has 2 aromatic rings. The molecule has 1 aromatic heterocycles. The molecule has 1 aliphatic carbocycles. The van der Waals surface area contributed by atoms with E-state index in [-0.39, 0.29) is 5.56 Å². The molecule has 0 bridgehead atoms. The van der Waals surface area contributed by atoms with E-state index in [1.165, 1.54) is 12.8 Å².